The van der Waals surface area contributed by atoms with Crippen LogP contribution in [0.1, 0.15) is 16.1 Å². The van der Waals surface area contributed by atoms with Crippen molar-refractivity contribution < 1.29 is 9.18 Å². The molecule has 0 radical (unpaired) electrons. The highest BCUT2D eigenvalue weighted by atomic mass is 127. The average molecular weight is 359 g/mol. The van der Waals surface area contributed by atoms with Crippen molar-refractivity contribution >= 4 is 34.2 Å². The standard InChI is InChI=1S/C12H11FIN3O/c1-7-3-4-8(13)10(5-7)15-12(18)11-9(14)6-17(2)16-11/h3-6H,1-2H3,(H,15,18). The third-order valence-electron chi connectivity index (χ3n) is 2.37. The number of amides is 1. The Kier molecular flexibility index (Phi) is 3.65. The molecule has 0 spiro atoms. The Labute approximate surface area is 117 Å². The molecule has 0 atom stereocenters. The number of anilines is 1. The monoisotopic (exact) mass is 359 g/mol. The number of aromatic nitrogens is 2. The number of nitrogens with one attached hydrogen (secondary N) is 1. The van der Waals surface area contributed by atoms with Gasteiger partial charge in [-0.05, 0) is 47.2 Å². The molecule has 0 fully saturated rings. The minimum Gasteiger partial charge on any atom is -0.318 e. The predicted octanol–water partition coefficient (Wildman–Crippen LogP) is 2.72. The summed E-state index contributed by atoms with van der Waals surface area (Å²) in [5.41, 5.74) is 1.34. The van der Waals surface area contributed by atoms with E-state index in [0.29, 0.717) is 5.69 Å². The molecule has 0 unspecified atom stereocenters. The largest absolute Gasteiger partial charge is 0.318 e. The van der Waals surface area contributed by atoms with Gasteiger partial charge in [-0.3, -0.25) is 9.48 Å². The van der Waals surface area contributed by atoms with Gasteiger partial charge in [0, 0.05) is 13.2 Å². The van der Waals surface area contributed by atoms with Crippen molar-refractivity contribution in [1.29, 1.82) is 0 Å². The Hall–Kier alpha value is -1.44. The Morgan fingerprint density at radius 2 is 2.22 bits per heavy atom. The van der Waals surface area contributed by atoms with Crippen molar-refractivity contribution in [2.45, 2.75) is 6.92 Å². The van der Waals surface area contributed by atoms with Crippen molar-refractivity contribution in [3.63, 3.8) is 0 Å². The second-order valence-corrected chi connectivity index (χ2v) is 5.10. The van der Waals surface area contributed by atoms with Crippen molar-refractivity contribution in [2.24, 2.45) is 7.05 Å². The number of rotatable bonds is 2. The molecule has 0 aliphatic heterocycles. The predicted molar refractivity (Wildman–Crippen MR) is 75.0 cm³/mol. The van der Waals surface area contributed by atoms with Crippen LogP contribution in [0.2, 0.25) is 0 Å². The highest BCUT2D eigenvalue weighted by Crippen LogP contribution is 2.18. The third kappa shape index (κ3) is 2.69. The Morgan fingerprint density at radius 1 is 1.50 bits per heavy atom. The van der Waals surface area contributed by atoms with Crippen LogP contribution < -0.4 is 5.32 Å². The van der Waals surface area contributed by atoms with Crippen LogP contribution in [0.15, 0.2) is 24.4 Å². The summed E-state index contributed by atoms with van der Waals surface area (Å²) < 4.78 is 15.8. The molecule has 1 aromatic carbocycles. The SMILES string of the molecule is Cc1ccc(F)c(NC(=O)c2nn(C)cc2I)c1. The van der Waals surface area contributed by atoms with E-state index in [1.54, 1.807) is 30.1 Å². The van der Waals surface area contributed by atoms with Gasteiger partial charge >= 0.3 is 0 Å². The van der Waals surface area contributed by atoms with Crippen LogP contribution in [-0.4, -0.2) is 15.7 Å². The molecule has 1 aromatic heterocycles. The molecule has 1 amide bonds. The van der Waals surface area contributed by atoms with Gasteiger partial charge in [-0.2, -0.15) is 5.10 Å². The second kappa shape index (κ2) is 5.05. The molecule has 6 heteroatoms. The zero-order valence-electron chi connectivity index (χ0n) is 9.87. The molecule has 0 saturated carbocycles. The Morgan fingerprint density at radius 3 is 2.83 bits per heavy atom. The van der Waals surface area contributed by atoms with Crippen molar-refractivity contribution in [2.75, 3.05) is 5.32 Å². The molecular formula is C12H11FIN3O. The molecule has 1 heterocycles. The molecule has 2 aromatic rings. The fourth-order valence-corrected chi connectivity index (χ4v) is 2.29. The number of carbonyl (C=O) groups is 1. The summed E-state index contributed by atoms with van der Waals surface area (Å²) in [6.45, 7) is 1.83. The fourth-order valence-electron chi connectivity index (χ4n) is 1.53. The lowest BCUT2D eigenvalue weighted by molar-refractivity contribution is 0.102. The van der Waals surface area contributed by atoms with Gasteiger partial charge < -0.3 is 5.32 Å². The number of benzene rings is 1. The van der Waals surface area contributed by atoms with Crippen molar-refractivity contribution in [1.82, 2.24) is 9.78 Å². The van der Waals surface area contributed by atoms with Gasteiger partial charge in [-0.25, -0.2) is 4.39 Å². The van der Waals surface area contributed by atoms with E-state index in [2.05, 4.69) is 10.4 Å². The average Bonchev–Trinajstić information content (AvgIpc) is 2.63. The lowest BCUT2D eigenvalue weighted by Crippen LogP contribution is -2.15. The molecule has 0 aliphatic rings. The highest BCUT2D eigenvalue weighted by Gasteiger charge is 2.15. The second-order valence-electron chi connectivity index (χ2n) is 3.94. The first-order valence-electron chi connectivity index (χ1n) is 5.24. The van der Waals surface area contributed by atoms with Crippen LogP contribution in [0.25, 0.3) is 0 Å². The number of hydrogen-bond donors (Lipinski definition) is 1. The van der Waals surface area contributed by atoms with E-state index in [-0.39, 0.29) is 5.69 Å². The Balaban J connectivity index is 2.26. The minimum atomic E-state index is -0.458. The van der Waals surface area contributed by atoms with Gasteiger partial charge in [-0.1, -0.05) is 6.07 Å². The first kappa shape index (κ1) is 13.0. The molecule has 1 N–H and O–H groups in total. The zero-order valence-corrected chi connectivity index (χ0v) is 12.0. The summed E-state index contributed by atoms with van der Waals surface area (Å²) in [7, 11) is 1.73. The smallest absolute Gasteiger partial charge is 0.277 e. The molecular weight excluding hydrogens is 348 g/mol. The van der Waals surface area contributed by atoms with Crippen LogP contribution >= 0.6 is 22.6 Å². The first-order valence-corrected chi connectivity index (χ1v) is 6.32. The molecule has 0 bridgehead atoms. The molecule has 2 rings (SSSR count). The molecule has 0 aliphatic carbocycles. The lowest BCUT2D eigenvalue weighted by Gasteiger charge is -2.06. The maximum atomic E-state index is 13.5. The van der Waals surface area contributed by atoms with Gasteiger partial charge in [0.15, 0.2) is 5.69 Å². The summed E-state index contributed by atoms with van der Waals surface area (Å²) in [5.74, 6) is -0.871. The van der Waals surface area contributed by atoms with Crippen molar-refractivity contribution in [3.05, 3.63) is 45.0 Å². The minimum absolute atomic E-state index is 0.168. The van der Waals surface area contributed by atoms with Crippen LogP contribution in [0.5, 0.6) is 0 Å². The molecule has 94 valence electrons. The van der Waals surface area contributed by atoms with E-state index in [1.165, 1.54) is 6.07 Å². The lowest BCUT2D eigenvalue weighted by atomic mass is 10.2. The van der Waals surface area contributed by atoms with E-state index in [0.717, 1.165) is 9.13 Å². The maximum Gasteiger partial charge on any atom is 0.277 e. The molecule has 4 nitrogen and oxygen atoms in total. The summed E-state index contributed by atoms with van der Waals surface area (Å²) >= 11 is 2.02. The van der Waals surface area contributed by atoms with Gasteiger partial charge in [0.2, 0.25) is 0 Å². The quantitative estimate of drug-likeness (QED) is 0.839. The van der Waals surface area contributed by atoms with Gasteiger partial charge in [-0.15, -0.1) is 0 Å². The van der Waals surface area contributed by atoms with Gasteiger partial charge in [0.05, 0.1) is 9.26 Å². The third-order valence-corrected chi connectivity index (χ3v) is 3.16. The van der Waals surface area contributed by atoms with E-state index in [9.17, 15) is 9.18 Å². The summed E-state index contributed by atoms with van der Waals surface area (Å²) in [6.07, 6.45) is 1.72. The van der Waals surface area contributed by atoms with Crippen molar-refractivity contribution in [3.8, 4) is 0 Å². The maximum absolute atomic E-state index is 13.5. The Bertz CT molecular complexity index is 609. The van der Waals surface area contributed by atoms with Crippen LogP contribution in [0, 0.1) is 16.3 Å². The molecule has 0 saturated heterocycles. The first-order chi connectivity index (χ1) is 8.47. The zero-order chi connectivity index (χ0) is 13.3. The normalized spacial score (nSPS) is 10.4. The number of nitrogens with zero attached hydrogens (tertiary/aromatic N) is 2. The topological polar surface area (TPSA) is 46.9 Å². The van der Waals surface area contributed by atoms with E-state index >= 15 is 0 Å². The number of hydrogen-bond acceptors (Lipinski definition) is 2. The summed E-state index contributed by atoms with van der Waals surface area (Å²) in [6, 6.07) is 4.56. The number of carbonyl (C=O) groups excluding carboxylic acids is 1. The highest BCUT2D eigenvalue weighted by molar-refractivity contribution is 14.1. The van der Waals surface area contributed by atoms with E-state index in [4.69, 9.17) is 0 Å². The number of aryl methyl sites for hydroxylation is 2. The van der Waals surface area contributed by atoms with Gasteiger partial charge in [0.25, 0.3) is 5.91 Å². The fraction of sp³-hybridized carbons (Fsp3) is 0.167. The summed E-state index contributed by atoms with van der Waals surface area (Å²) in [5, 5.41) is 6.56. The number of halogens is 2. The van der Waals surface area contributed by atoms with Crippen LogP contribution in [0.4, 0.5) is 10.1 Å². The summed E-state index contributed by atoms with van der Waals surface area (Å²) in [4.78, 5) is 12.0. The van der Waals surface area contributed by atoms with Crippen LogP contribution in [-0.2, 0) is 7.05 Å². The van der Waals surface area contributed by atoms with Gasteiger partial charge in [0.1, 0.15) is 5.82 Å². The van der Waals surface area contributed by atoms with E-state index in [1.807, 2.05) is 29.5 Å². The van der Waals surface area contributed by atoms with E-state index < -0.39 is 11.7 Å². The molecule has 18 heavy (non-hydrogen) atoms. The van der Waals surface area contributed by atoms with Crippen LogP contribution in [0.3, 0.4) is 0 Å².